The summed E-state index contributed by atoms with van der Waals surface area (Å²) in [5.41, 5.74) is 0. The highest BCUT2D eigenvalue weighted by Gasteiger charge is 2.41. The normalized spacial score (nSPS) is 46.4. The fraction of sp³-hybridized carbons (Fsp3) is 1.00. The maximum absolute atomic E-state index is 9.53. The molecule has 0 spiro atoms. The van der Waals surface area contributed by atoms with E-state index in [1.165, 1.54) is 7.11 Å². The van der Waals surface area contributed by atoms with Crippen LogP contribution < -0.4 is 0 Å². The highest BCUT2D eigenvalue weighted by atomic mass is 16.7. The summed E-state index contributed by atoms with van der Waals surface area (Å²) in [6.07, 6.45) is -3.16. The standard InChI is InChI=1S/C8H16O5/c1-4-6(10)5(3-9)13-8(12-2)7(4)11/h4-11H,3H2,1-2H3/t4?,5?,6-,7?,8-/m0/s1. The van der Waals surface area contributed by atoms with E-state index >= 15 is 0 Å². The molecule has 78 valence electrons. The number of hydrogen-bond acceptors (Lipinski definition) is 5. The molecule has 0 aromatic rings. The first kappa shape index (κ1) is 10.9. The summed E-state index contributed by atoms with van der Waals surface area (Å²) in [6, 6.07) is 0. The van der Waals surface area contributed by atoms with Gasteiger partial charge < -0.3 is 24.8 Å². The van der Waals surface area contributed by atoms with Crippen molar-refractivity contribution in [3.05, 3.63) is 0 Å². The van der Waals surface area contributed by atoms with Gasteiger partial charge in [-0.1, -0.05) is 6.92 Å². The van der Waals surface area contributed by atoms with Crippen molar-refractivity contribution in [1.29, 1.82) is 0 Å². The fourth-order valence-electron chi connectivity index (χ4n) is 1.47. The van der Waals surface area contributed by atoms with E-state index in [1.54, 1.807) is 6.92 Å². The van der Waals surface area contributed by atoms with Crippen LogP contribution in [0.2, 0.25) is 0 Å². The van der Waals surface area contributed by atoms with Gasteiger partial charge in [-0.3, -0.25) is 0 Å². The Morgan fingerprint density at radius 2 is 1.92 bits per heavy atom. The first-order valence-corrected chi connectivity index (χ1v) is 4.27. The number of hydrogen-bond donors (Lipinski definition) is 3. The van der Waals surface area contributed by atoms with Crippen LogP contribution in [0.3, 0.4) is 0 Å². The van der Waals surface area contributed by atoms with E-state index in [4.69, 9.17) is 14.6 Å². The number of aliphatic hydroxyl groups excluding tert-OH is 3. The second kappa shape index (κ2) is 4.34. The maximum atomic E-state index is 9.53. The zero-order chi connectivity index (χ0) is 10.0. The third-order valence-corrected chi connectivity index (χ3v) is 2.46. The Hall–Kier alpha value is -0.200. The average Bonchev–Trinajstić information content (AvgIpc) is 2.15. The van der Waals surface area contributed by atoms with Crippen molar-refractivity contribution >= 4 is 0 Å². The first-order valence-electron chi connectivity index (χ1n) is 4.27. The monoisotopic (exact) mass is 192 g/mol. The molecule has 0 bridgehead atoms. The van der Waals surface area contributed by atoms with E-state index in [9.17, 15) is 10.2 Å². The molecule has 1 aliphatic heterocycles. The van der Waals surface area contributed by atoms with Gasteiger partial charge in [0.2, 0.25) is 0 Å². The van der Waals surface area contributed by atoms with Crippen LogP contribution in [0.15, 0.2) is 0 Å². The minimum Gasteiger partial charge on any atom is -0.394 e. The highest BCUT2D eigenvalue weighted by molar-refractivity contribution is 4.86. The van der Waals surface area contributed by atoms with Crippen LogP contribution in [-0.2, 0) is 9.47 Å². The quantitative estimate of drug-likeness (QED) is 0.507. The summed E-state index contributed by atoms with van der Waals surface area (Å²) in [4.78, 5) is 0. The lowest BCUT2D eigenvalue weighted by Crippen LogP contribution is -2.54. The molecule has 0 amide bonds. The molecule has 1 aliphatic rings. The van der Waals surface area contributed by atoms with Crippen molar-refractivity contribution in [3.8, 4) is 0 Å². The van der Waals surface area contributed by atoms with Gasteiger partial charge >= 0.3 is 0 Å². The van der Waals surface area contributed by atoms with Crippen molar-refractivity contribution in [2.45, 2.75) is 31.5 Å². The van der Waals surface area contributed by atoms with Gasteiger partial charge in [0.1, 0.15) is 12.2 Å². The lowest BCUT2D eigenvalue weighted by atomic mass is 9.91. The van der Waals surface area contributed by atoms with Crippen LogP contribution in [0.5, 0.6) is 0 Å². The van der Waals surface area contributed by atoms with Gasteiger partial charge in [-0.15, -0.1) is 0 Å². The predicted octanol–water partition coefficient (Wildman–Crippen LogP) is -1.29. The topological polar surface area (TPSA) is 79.2 Å². The van der Waals surface area contributed by atoms with Crippen LogP contribution in [0, 0.1) is 5.92 Å². The number of rotatable bonds is 2. The SMILES string of the molecule is CO[C@H]1OC(CO)[C@@H](O)C(C)C1O. The summed E-state index contributed by atoms with van der Waals surface area (Å²) >= 11 is 0. The van der Waals surface area contributed by atoms with Gasteiger partial charge in [0.25, 0.3) is 0 Å². The molecule has 5 heteroatoms. The molecule has 1 saturated heterocycles. The Bertz CT molecular complexity index is 143. The van der Waals surface area contributed by atoms with E-state index in [0.717, 1.165) is 0 Å². The van der Waals surface area contributed by atoms with Crippen molar-refractivity contribution in [2.24, 2.45) is 5.92 Å². The third kappa shape index (κ3) is 2.00. The van der Waals surface area contributed by atoms with Crippen LogP contribution in [0.4, 0.5) is 0 Å². The van der Waals surface area contributed by atoms with Gasteiger partial charge in [-0.2, -0.15) is 0 Å². The molecule has 3 N–H and O–H groups in total. The van der Waals surface area contributed by atoms with Crippen LogP contribution >= 0.6 is 0 Å². The summed E-state index contributed by atoms with van der Waals surface area (Å²) < 4.78 is 9.97. The number of methoxy groups -OCH3 is 1. The smallest absolute Gasteiger partial charge is 0.183 e. The van der Waals surface area contributed by atoms with Crippen molar-refractivity contribution < 1.29 is 24.8 Å². The van der Waals surface area contributed by atoms with E-state index in [-0.39, 0.29) is 12.5 Å². The van der Waals surface area contributed by atoms with Crippen molar-refractivity contribution in [2.75, 3.05) is 13.7 Å². The van der Waals surface area contributed by atoms with E-state index in [2.05, 4.69) is 0 Å². The third-order valence-electron chi connectivity index (χ3n) is 2.46. The van der Waals surface area contributed by atoms with Gasteiger partial charge in [0.05, 0.1) is 12.7 Å². The van der Waals surface area contributed by atoms with Crippen molar-refractivity contribution in [3.63, 3.8) is 0 Å². The highest BCUT2D eigenvalue weighted by Crippen LogP contribution is 2.25. The Balaban J connectivity index is 2.66. The average molecular weight is 192 g/mol. The molecule has 0 aromatic heterocycles. The van der Waals surface area contributed by atoms with Gasteiger partial charge in [-0.25, -0.2) is 0 Å². The Labute approximate surface area is 76.9 Å². The largest absolute Gasteiger partial charge is 0.394 e. The summed E-state index contributed by atoms with van der Waals surface area (Å²) in [7, 11) is 1.41. The van der Waals surface area contributed by atoms with Crippen LogP contribution in [0.25, 0.3) is 0 Å². The molecule has 0 aliphatic carbocycles. The van der Waals surface area contributed by atoms with E-state index in [1.807, 2.05) is 0 Å². The second-order valence-electron chi connectivity index (χ2n) is 3.30. The zero-order valence-electron chi connectivity index (χ0n) is 7.75. The molecule has 3 unspecified atom stereocenters. The van der Waals surface area contributed by atoms with E-state index < -0.39 is 24.6 Å². The van der Waals surface area contributed by atoms with Crippen LogP contribution in [0.1, 0.15) is 6.92 Å². The fourth-order valence-corrected chi connectivity index (χ4v) is 1.47. The van der Waals surface area contributed by atoms with Gasteiger partial charge in [0, 0.05) is 13.0 Å². The van der Waals surface area contributed by atoms with Crippen molar-refractivity contribution in [1.82, 2.24) is 0 Å². The first-order chi connectivity index (χ1) is 6.11. The molecule has 0 saturated carbocycles. The Morgan fingerprint density at radius 1 is 1.31 bits per heavy atom. The molecule has 0 aromatic carbocycles. The molecule has 1 rings (SSSR count). The molecule has 1 heterocycles. The minimum absolute atomic E-state index is 0.280. The molecule has 5 nitrogen and oxygen atoms in total. The van der Waals surface area contributed by atoms with Crippen LogP contribution in [-0.4, -0.2) is 53.6 Å². The predicted molar refractivity (Wildman–Crippen MR) is 43.9 cm³/mol. The lowest BCUT2D eigenvalue weighted by Gasteiger charge is -2.40. The number of aliphatic hydroxyl groups is 3. The Morgan fingerprint density at radius 3 is 2.38 bits per heavy atom. The summed E-state index contributed by atoms with van der Waals surface area (Å²) in [5.74, 6) is -0.365. The molecule has 5 atom stereocenters. The molecular weight excluding hydrogens is 176 g/mol. The summed E-state index contributed by atoms with van der Waals surface area (Å²) in [5, 5.41) is 27.9. The molecular formula is C8H16O5. The minimum atomic E-state index is -0.859. The van der Waals surface area contributed by atoms with E-state index in [0.29, 0.717) is 0 Å². The Kier molecular flexibility index (Phi) is 3.63. The lowest BCUT2D eigenvalue weighted by molar-refractivity contribution is -0.280. The molecule has 1 fully saturated rings. The number of ether oxygens (including phenoxy) is 2. The maximum Gasteiger partial charge on any atom is 0.183 e. The van der Waals surface area contributed by atoms with Gasteiger partial charge in [0.15, 0.2) is 6.29 Å². The molecule has 13 heavy (non-hydrogen) atoms. The summed E-state index contributed by atoms with van der Waals surface area (Å²) in [6.45, 7) is 1.41. The zero-order valence-corrected chi connectivity index (χ0v) is 7.75. The van der Waals surface area contributed by atoms with Gasteiger partial charge in [-0.05, 0) is 0 Å². The second-order valence-corrected chi connectivity index (χ2v) is 3.30. The molecule has 0 radical (unpaired) electrons.